The van der Waals surface area contributed by atoms with Crippen LogP contribution in [0.2, 0.25) is 5.02 Å². The molecule has 0 aliphatic heterocycles. The monoisotopic (exact) mass is 609 g/mol. The molecular formula is C32H33ClFN3O4S. The summed E-state index contributed by atoms with van der Waals surface area (Å²) in [6, 6.07) is 14.4. The lowest BCUT2D eigenvalue weighted by atomic mass is 9.89. The van der Waals surface area contributed by atoms with Crippen LogP contribution in [0.4, 0.5) is 9.18 Å². The van der Waals surface area contributed by atoms with Gasteiger partial charge in [0.15, 0.2) is 0 Å². The summed E-state index contributed by atoms with van der Waals surface area (Å²) in [6.07, 6.45) is 1.52. The molecule has 0 atom stereocenters. The molecule has 4 aromatic rings. The number of aromatic nitrogens is 1. The molecule has 0 saturated heterocycles. The molecule has 10 heteroatoms. The average molecular weight is 610 g/mol. The molecule has 1 fully saturated rings. The fourth-order valence-electron chi connectivity index (χ4n) is 5.89. The number of amides is 2. The Balaban J connectivity index is 1.54. The molecule has 5 rings (SSSR count). The number of hydrogen-bond acceptors (Lipinski definition) is 5. The standard InChI is InChI=1S/C32H33ClFN3O4S/c1-18-14-21(15-19(2)35-18)20-8-13-26(41-4)22(16-20)17-37(24-11-9-23(10-12-24)36(3)32(39)40)31(38)30-29(33)28-25(34)6-5-7-27(28)42-30/h5-8,13-16,23-24H,9-12,17H2,1-4H3,(H,39,40). The van der Waals surface area contributed by atoms with E-state index < -0.39 is 11.9 Å². The third kappa shape index (κ3) is 5.94. The van der Waals surface area contributed by atoms with Crippen molar-refractivity contribution in [3.8, 4) is 16.9 Å². The van der Waals surface area contributed by atoms with Gasteiger partial charge in [-0.05, 0) is 87.1 Å². The number of methoxy groups -OCH3 is 1. The predicted molar refractivity (Wildman–Crippen MR) is 164 cm³/mol. The molecule has 2 amide bonds. The maximum absolute atomic E-state index is 14.7. The Bertz CT molecular complexity index is 1630. The van der Waals surface area contributed by atoms with Crippen molar-refractivity contribution in [3.05, 3.63) is 81.2 Å². The summed E-state index contributed by atoms with van der Waals surface area (Å²) in [6.45, 7) is 4.16. The molecule has 1 aliphatic carbocycles. The zero-order valence-electron chi connectivity index (χ0n) is 24.0. The molecule has 2 heterocycles. The number of thiophene rings is 1. The quantitative estimate of drug-likeness (QED) is 0.230. The normalized spacial score (nSPS) is 16.8. The fraction of sp³-hybridized carbons (Fsp3) is 0.344. The highest BCUT2D eigenvalue weighted by atomic mass is 35.5. The second kappa shape index (κ2) is 12.3. The van der Waals surface area contributed by atoms with Crippen LogP contribution in [0.15, 0.2) is 48.5 Å². The van der Waals surface area contributed by atoms with E-state index in [1.807, 2.05) is 44.2 Å². The predicted octanol–water partition coefficient (Wildman–Crippen LogP) is 7.94. The molecule has 2 aromatic heterocycles. The Morgan fingerprint density at radius 2 is 1.71 bits per heavy atom. The first-order valence-electron chi connectivity index (χ1n) is 13.8. The zero-order chi connectivity index (χ0) is 30.1. The number of ether oxygens (including phenoxy) is 1. The summed E-state index contributed by atoms with van der Waals surface area (Å²) < 4.78 is 21.0. The smallest absolute Gasteiger partial charge is 0.407 e. The number of carboxylic acid groups (broad SMARTS) is 1. The summed E-state index contributed by atoms with van der Waals surface area (Å²) in [5.74, 6) is -0.0978. The van der Waals surface area contributed by atoms with Gasteiger partial charge in [-0.3, -0.25) is 9.78 Å². The number of carbonyl (C=O) groups excluding carboxylic acids is 1. The van der Waals surface area contributed by atoms with Crippen molar-refractivity contribution in [3.63, 3.8) is 0 Å². The second-order valence-electron chi connectivity index (χ2n) is 10.8. The largest absolute Gasteiger partial charge is 0.496 e. The maximum Gasteiger partial charge on any atom is 0.407 e. The van der Waals surface area contributed by atoms with Gasteiger partial charge in [0, 0.05) is 52.7 Å². The van der Waals surface area contributed by atoms with Crippen LogP contribution in [0, 0.1) is 19.7 Å². The number of halogens is 2. The van der Waals surface area contributed by atoms with Crippen molar-refractivity contribution < 1.29 is 23.8 Å². The Morgan fingerprint density at radius 3 is 2.33 bits per heavy atom. The number of aryl methyl sites for hydroxylation is 2. The number of fused-ring (bicyclic) bond motifs is 1. The van der Waals surface area contributed by atoms with E-state index in [9.17, 15) is 19.1 Å². The molecular weight excluding hydrogens is 577 g/mol. The number of carbonyl (C=O) groups is 2. The molecule has 0 unspecified atom stereocenters. The van der Waals surface area contributed by atoms with Crippen molar-refractivity contribution in [1.29, 1.82) is 0 Å². The van der Waals surface area contributed by atoms with Crippen molar-refractivity contribution in [1.82, 2.24) is 14.8 Å². The van der Waals surface area contributed by atoms with Crippen molar-refractivity contribution in [2.75, 3.05) is 14.2 Å². The van der Waals surface area contributed by atoms with E-state index in [1.54, 1.807) is 31.2 Å². The van der Waals surface area contributed by atoms with Crippen LogP contribution in [0.3, 0.4) is 0 Å². The van der Waals surface area contributed by atoms with Gasteiger partial charge in [0.25, 0.3) is 5.91 Å². The van der Waals surface area contributed by atoms with E-state index in [0.717, 1.165) is 28.1 Å². The highest BCUT2D eigenvalue weighted by molar-refractivity contribution is 7.21. The maximum atomic E-state index is 14.7. The molecule has 1 saturated carbocycles. The summed E-state index contributed by atoms with van der Waals surface area (Å²) in [5.41, 5.74) is 4.63. The van der Waals surface area contributed by atoms with E-state index in [-0.39, 0.29) is 39.8 Å². The minimum absolute atomic E-state index is 0.117. The molecule has 7 nitrogen and oxygen atoms in total. The molecule has 2 aromatic carbocycles. The summed E-state index contributed by atoms with van der Waals surface area (Å²) in [7, 11) is 3.19. The van der Waals surface area contributed by atoms with Crippen LogP contribution in [-0.4, -0.2) is 58.1 Å². The first kappa shape index (κ1) is 29.8. The van der Waals surface area contributed by atoms with Crippen LogP contribution in [-0.2, 0) is 6.54 Å². The van der Waals surface area contributed by atoms with Crippen LogP contribution in [0.5, 0.6) is 5.75 Å². The van der Waals surface area contributed by atoms with E-state index in [0.29, 0.717) is 36.1 Å². The molecule has 0 bridgehead atoms. The fourth-order valence-corrected chi connectivity index (χ4v) is 7.39. The lowest BCUT2D eigenvalue weighted by molar-refractivity contribution is 0.0555. The van der Waals surface area contributed by atoms with Crippen LogP contribution in [0.25, 0.3) is 21.2 Å². The van der Waals surface area contributed by atoms with Gasteiger partial charge in [0.2, 0.25) is 0 Å². The Kier molecular flexibility index (Phi) is 8.70. The lowest BCUT2D eigenvalue weighted by Gasteiger charge is -2.39. The molecule has 0 radical (unpaired) electrons. The summed E-state index contributed by atoms with van der Waals surface area (Å²) >= 11 is 7.84. The molecule has 1 N–H and O–H groups in total. The SMILES string of the molecule is COc1ccc(-c2cc(C)nc(C)c2)cc1CN(C(=O)c1sc2cccc(F)c2c1Cl)C1CCC(N(C)C(=O)O)CC1. The average Bonchev–Trinajstić information content (AvgIpc) is 3.32. The first-order chi connectivity index (χ1) is 20.1. The third-order valence-electron chi connectivity index (χ3n) is 8.05. The highest BCUT2D eigenvalue weighted by Gasteiger charge is 2.34. The van der Waals surface area contributed by atoms with Gasteiger partial charge in [0.1, 0.15) is 16.4 Å². The lowest BCUT2D eigenvalue weighted by Crippen LogP contribution is -2.46. The van der Waals surface area contributed by atoms with Crippen LogP contribution >= 0.6 is 22.9 Å². The van der Waals surface area contributed by atoms with Crippen molar-refractivity contribution in [2.24, 2.45) is 0 Å². The van der Waals surface area contributed by atoms with E-state index in [2.05, 4.69) is 4.98 Å². The van der Waals surface area contributed by atoms with Crippen LogP contribution < -0.4 is 4.74 Å². The van der Waals surface area contributed by atoms with Gasteiger partial charge in [-0.15, -0.1) is 11.3 Å². The number of hydrogen-bond donors (Lipinski definition) is 1. The van der Waals surface area contributed by atoms with Crippen LogP contribution in [0.1, 0.15) is 52.3 Å². The molecule has 220 valence electrons. The van der Waals surface area contributed by atoms with Gasteiger partial charge >= 0.3 is 6.09 Å². The number of benzene rings is 2. The van der Waals surface area contributed by atoms with E-state index >= 15 is 0 Å². The number of nitrogens with zero attached hydrogens (tertiary/aromatic N) is 3. The zero-order valence-corrected chi connectivity index (χ0v) is 25.6. The van der Waals surface area contributed by atoms with E-state index in [1.165, 1.54) is 22.3 Å². The second-order valence-corrected chi connectivity index (χ2v) is 12.2. The van der Waals surface area contributed by atoms with Crippen molar-refractivity contribution in [2.45, 2.75) is 58.2 Å². The minimum Gasteiger partial charge on any atom is -0.496 e. The molecule has 0 spiro atoms. The number of pyridine rings is 1. The van der Waals surface area contributed by atoms with Gasteiger partial charge in [-0.2, -0.15) is 0 Å². The molecule has 42 heavy (non-hydrogen) atoms. The number of rotatable bonds is 7. The van der Waals surface area contributed by atoms with E-state index in [4.69, 9.17) is 16.3 Å². The van der Waals surface area contributed by atoms with Gasteiger partial charge in [-0.1, -0.05) is 23.7 Å². The third-order valence-corrected chi connectivity index (χ3v) is 9.69. The Hall–Kier alpha value is -3.69. The van der Waals surface area contributed by atoms with Gasteiger partial charge < -0.3 is 19.6 Å². The highest BCUT2D eigenvalue weighted by Crippen LogP contribution is 2.40. The topological polar surface area (TPSA) is 83.0 Å². The Morgan fingerprint density at radius 1 is 1.05 bits per heavy atom. The van der Waals surface area contributed by atoms with Gasteiger partial charge in [0.05, 0.1) is 12.1 Å². The Labute approximate surface area is 253 Å². The minimum atomic E-state index is -0.964. The summed E-state index contributed by atoms with van der Waals surface area (Å²) in [5, 5.41) is 9.84. The summed E-state index contributed by atoms with van der Waals surface area (Å²) in [4.78, 5) is 33.8. The van der Waals surface area contributed by atoms with Crippen molar-refractivity contribution >= 4 is 45.0 Å². The van der Waals surface area contributed by atoms with Gasteiger partial charge in [-0.25, -0.2) is 9.18 Å². The first-order valence-corrected chi connectivity index (χ1v) is 15.0. The molecule has 1 aliphatic rings.